The molecule has 1 aromatic heterocycles. The Balaban J connectivity index is 2.19. The van der Waals surface area contributed by atoms with Crippen LogP contribution >= 0.6 is 27.7 Å². The number of pyridine rings is 1. The first-order chi connectivity index (χ1) is 7.33. The highest BCUT2D eigenvalue weighted by Crippen LogP contribution is 2.27. The molecular formula is C11H15BrN2S. The summed E-state index contributed by atoms with van der Waals surface area (Å²) >= 11 is 5.55. The second-order valence-corrected chi connectivity index (χ2v) is 5.46. The Bertz CT molecular complexity index is 326. The number of rotatable bonds is 3. The number of halogens is 1. The number of hydrogen-bond acceptors (Lipinski definition) is 3. The van der Waals surface area contributed by atoms with Crippen LogP contribution in [0.2, 0.25) is 0 Å². The molecular weight excluding hydrogens is 272 g/mol. The van der Waals surface area contributed by atoms with Gasteiger partial charge in [-0.05, 0) is 18.2 Å². The van der Waals surface area contributed by atoms with Gasteiger partial charge >= 0.3 is 0 Å². The lowest BCUT2D eigenvalue weighted by atomic mass is 10.2. The number of hydrogen-bond donors (Lipinski definition) is 0. The van der Waals surface area contributed by atoms with Gasteiger partial charge in [-0.15, -0.1) is 0 Å². The third-order valence-corrected chi connectivity index (χ3v) is 4.55. The fourth-order valence-electron chi connectivity index (χ4n) is 1.85. The molecule has 0 radical (unpaired) electrons. The minimum Gasteiger partial charge on any atom is -0.356 e. The molecule has 1 unspecified atom stereocenters. The summed E-state index contributed by atoms with van der Waals surface area (Å²) in [6, 6.07) is 4.79. The van der Waals surface area contributed by atoms with Crippen LogP contribution in [-0.2, 0) is 5.33 Å². The normalized spacial score (nSPS) is 20.5. The summed E-state index contributed by atoms with van der Waals surface area (Å²) in [5.41, 5.74) is 1.27. The van der Waals surface area contributed by atoms with Gasteiger partial charge in [0.2, 0.25) is 0 Å². The highest BCUT2D eigenvalue weighted by molar-refractivity contribution is 9.08. The molecule has 1 saturated heterocycles. The summed E-state index contributed by atoms with van der Waals surface area (Å²) in [5.74, 6) is 3.64. The van der Waals surface area contributed by atoms with Gasteiger partial charge in [-0.1, -0.05) is 22.0 Å². The third-order valence-electron chi connectivity index (χ3n) is 2.80. The molecule has 1 fully saturated rings. The monoisotopic (exact) mass is 286 g/mol. The zero-order valence-electron chi connectivity index (χ0n) is 8.82. The van der Waals surface area contributed by atoms with Crippen molar-refractivity contribution in [3.8, 4) is 0 Å². The Kier molecular flexibility index (Phi) is 3.92. The van der Waals surface area contributed by atoms with Crippen molar-refractivity contribution in [1.29, 1.82) is 0 Å². The molecule has 82 valence electrons. The van der Waals surface area contributed by atoms with Crippen molar-refractivity contribution >= 4 is 33.5 Å². The molecule has 2 nitrogen and oxygen atoms in total. The fraction of sp³-hybridized carbons (Fsp3) is 0.545. The zero-order valence-corrected chi connectivity index (χ0v) is 11.2. The fourth-order valence-corrected chi connectivity index (χ4v) is 3.56. The first-order valence-corrected chi connectivity index (χ1v) is 7.41. The van der Waals surface area contributed by atoms with Crippen LogP contribution in [0.3, 0.4) is 0 Å². The van der Waals surface area contributed by atoms with E-state index >= 15 is 0 Å². The number of alkyl halides is 1. The topological polar surface area (TPSA) is 16.1 Å². The molecule has 0 N–H and O–H groups in total. The second-order valence-electron chi connectivity index (χ2n) is 3.75. The van der Waals surface area contributed by atoms with E-state index in [1.807, 2.05) is 24.0 Å². The zero-order chi connectivity index (χ0) is 10.7. The number of anilines is 1. The maximum absolute atomic E-state index is 4.48. The van der Waals surface area contributed by atoms with Crippen molar-refractivity contribution < 1.29 is 0 Å². The van der Waals surface area contributed by atoms with Crippen LogP contribution in [-0.4, -0.2) is 29.6 Å². The van der Waals surface area contributed by atoms with Gasteiger partial charge in [0.15, 0.2) is 0 Å². The lowest BCUT2D eigenvalue weighted by Crippen LogP contribution is -2.32. The molecule has 15 heavy (non-hydrogen) atoms. The quantitative estimate of drug-likeness (QED) is 0.795. The molecule has 2 heterocycles. The Labute approximate surface area is 104 Å². The molecule has 0 aromatic carbocycles. The number of aromatic nitrogens is 1. The van der Waals surface area contributed by atoms with Gasteiger partial charge in [-0.3, -0.25) is 0 Å². The lowest BCUT2D eigenvalue weighted by molar-refractivity contribution is 0.689. The van der Waals surface area contributed by atoms with Crippen molar-refractivity contribution in [2.75, 3.05) is 23.5 Å². The van der Waals surface area contributed by atoms with Crippen LogP contribution in [0, 0.1) is 0 Å². The van der Waals surface area contributed by atoms with Gasteiger partial charge in [0, 0.05) is 35.9 Å². The Hall–Kier alpha value is -0.220. The lowest BCUT2D eigenvalue weighted by Gasteiger charge is -2.26. The smallest absolute Gasteiger partial charge is 0.132 e. The maximum Gasteiger partial charge on any atom is 0.132 e. The van der Waals surface area contributed by atoms with Crippen molar-refractivity contribution in [3.63, 3.8) is 0 Å². The van der Waals surface area contributed by atoms with Gasteiger partial charge in [-0.2, -0.15) is 11.8 Å². The van der Waals surface area contributed by atoms with Crippen LogP contribution in [0.15, 0.2) is 18.3 Å². The summed E-state index contributed by atoms with van der Waals surface area (Å²) in [4.78, 5) is 6.81. The molecule has 1 atom stereocenters. The van der Waals surface area contributed by atoms with Crippen LogP contribution in [0.5, 0.6) is 0 Å². The maximum atomic E-state index is 4.48. The van der Waals surface area contributed by atoms with Crippen LogP contribution in [0.25, 0.3) is 0 Å². The summed E-state index contributed by atoms with van der Waals surface area (Å²) < 4.78 is 0. The molecule has 0 spiro atoms. The van der Waals surface area contributed by atoms with Crippen LogP contribution in [0.4, 0.5) is 5.82 Å². The molecule has 0 aliphatic carbocycles. The van der Waals surface area contributed by atoms with Gasteiger partial charge in [0.25, 0.3) is 0 Å². The standard InChI is InChI=1S/C11H15BrN2S/c1-14(10-4-6-15-8-10)11-9(7-12)3-2-5-13-11/h2-3,5,10H,4,6-8H2,1H3. The largest absolute Gasteiger partial charge is 0.356 e. The van der Waals surface area contributed by atoms with E-state index in [2.05, 4.69) is 38.9 Å². The van der Waals surface area contributed by atoms with Crippen molar-refractivity contribution in [2.45, 2.75) is 17.8 Å². The first kappa shape index (κ1) is 11.3. The molecule has 1 aliphatic heterocycles. The van der Waals surface area contributed by atoms with Gasteiger partial charge in [-0.25, -0.2) is 4.98 Å². The molecule has 1 aliphatic rings. The number of thioether (sulfide) groups is 1. The van der Waals surface area contributed by atoms with E-state index in [-0.39, 0.29) is 0 Å². The van der Waals surface area contributed by atoms with E-state index in [0.29, 0.717) is 6.04 Å². The van der Waals surface area contributed by atoms with Gasteiger partial charge in [0.1, 0.15) is 5.82 Å². The van der Waals surface area contributed by atoms with Crippen molar-refractivity contribution in [2.24, 2.45) is 0 Å². The average Bonchev–Trinajstić information content (AvgIpc) is 2.81. The summed E-state index contributed by atoms with van der Waals surface area (Å²) in [6.07, 6.45) is 3.15. The Morgan fingerprint density at radius 2 is 2.53 bits per heavy atom. The minimum absolute atomic E-state index is 0.655. The summed E-state index contributed by atoms with van der Waals surface area (Å²) in [7, 11) is 2.16. The van der Waals surface area contributed by atoms with E-state index in [1.54, 1.807) is 0 Å². The van der Waals surface area contributed by atoms with Crippen molar-refractivity contribution in [3.05, 3.63) is 23.9 Å². The highest BCUT2D eigenvalue weighted by Gasteiger charge is 2.22. The van der Waals surface area contributed by atoms with Crippen LogP contribution in [0.1, 0.15) is 12.0 Å². The Morgan fingerprint density at radius 1 is 1.67 bits per heavy atom. The molecule has 0 bridgehead atoms. The molecule has 2 rings (SSSR count). The van der Waals surface area contributed by atoms with E-state index < -0.39 is 0 Å². The molecule has 0 saturated carbocycles. The first-order valence-electron chi connectivity index (χ1n) is 5.13. The SMILES string of the molecule is CN(c1ncccc1CBr)C1CCSC1. The molecule has 0 amide bonds. The average molecular weight is 287 g/mol. The second kappa shape index (κ2) is 5.21. The predicted molar refractivity (Wildman–Crippen MR) is 71.0 cm³/mol. The van der Waals surface area contributed by atoms with E-state index in [4.69, 9.17) is 0 Å². The van der Waals surface area contributed by atoms with E-state index in [0.717, 1.165) is 11.1 Å². The summed E-state index contributed by atoms with van der Waals surface area (Å²) in [6.45, 7) is 0. The molecule has 4 heteroatoms. The Morgan fingerprint density at radius 3 is 3.20 bits per heavy atom. The number of nitrogens with zero attached hydrogens (tertiary/aromatic N) is 2. The van der Waals surface area contributed by atoms with Gasteiger partial charge < -0.3 is 4.90 Å². The van der Waals surface area contributed by atoms with E-state index in [9.17, 15) is 0 Å². The van der Waals surface area contributed by atoms with Gasteiger partial charge in [0.05, 0.1) is 0 Å². The van der Waals surface area contributed by atoms with Crippen molar-refractivity contribution in [1.82, 2.24) is 4.98 Å². The summed E-state index contributed by atoms with van der Waals surface area (Å²) in [5, 5.41) is 0.875. The highest BCUT2D eigenvalue weighted by atomic mass is 79.9. The predicted octanol–water partition coefficient (Wildman–Crippen LogP) is 2.92. The van der Waals surface area contributed by atoms with Crippen LogP contribution < -0.4 is 4.90 Å². The molecule has 1 aromatic rings. The van der Waals surface area contributed by atoms with E-state index in [1.165, 1.54) is 23.5 Å². The minimum atomic E-state index is 0.655. The third kappa shape index (κ3) is 2.48.